The minimum atomic E-state index is -0.868. The molecule has 0 spiro atoms. The molecule has 2 rings (SSSR count). The molecular formula is C21H29ClN2O4. The smallest absolute Gasteiger partial charge is 0.329 e. The quantitative estimate of drug-likeness (QED) is 0.731. The van der Waals surface area contributed by atoms with Crippen LogP contribution in [0.1, 0.15) is 57.3 Å². The van der Waals surface area contributed by atoms with Crippen LogP contribution in [-0.2, 0) is 14.3 Å². The molecule has 0 saturated carbocycles. The monoisotopic (exact) mass is 408 g/mol. The maximum Gasteiger partial charge on any atom is 0.329 e. The van der Waals surface area contributed by atoms with E-state index in [1.54, 1.807) is 43.0 Å². The third kappa shape index (κ3) is 5.47. The van der Waals surface area contributed by atoms with Crippen molar-refractivity contribution < 1.29 is 19.1 Å². The first-order valence-electron chi connectivity index (χ1n) is 9.75. The van der Waals surface area contributed by atoms with Crippen molar-refractivity contribution in [3.63, 3.8) is 0 Å². The summed E-state index contributed by atoms with van der Waals surface area (Å²) in [6.07, 6.45) is 2.99. The molecule has 1 saturated heterocycles. The highest BCUT2D eigenvalue weighted by Crippen LogP contribution is 2.22. The average Bonchev–Trinajstić information content (AvgIpc) is 2.64. The van der Waals surface area contributed by atoms with Crippen LogP contribution in [0.2, 0.25) is 5.02 Å². The fourth-order valence-electron chi connectivity index (χ4n) is 3.57. The number of piperidine rings is 1. The summed E-state index contributed by atoms with van der Waals surface area (Å²) in [4.78, 5) is 39.4. The lowest BCUT2D eigenvalue weighted by Gasteiger charge is -2.39. The van der Waals surface area contributed by atoms with Crippen molar-refractivity contribution in [3.05, 3.63) is 34.9 Å². The third-order valence-electron chi connectivity index (χ3n) is 5.15. The maximum absolute atomic E-state index is 12.5. The Labute approximate surface area is 171 Å². The summed E-state index contributed by atoms with van der Waals surface area (Å²) >= 11 is 6.05. The summed E-state index contributed by atoms with van der Waals surface area (Å²) in [5.74, 6) is -1.48. The molecular weight excluding hydrogens is 380 g/mol. The SMILES string of the molecule is CC(C)[C@H](NC(=O)c1ccccc1Cl)C(=O)OCC(=O)N1C(C)CCCC1C. The van der Waals surface area contributed by atoms with Crippen LogP contribution in [0.15, 0.2) is 24.3 Å². The maximum atomic E-state index is 12.5. The summed E-state index contributed by atoms with van der Waals surface area (Å²) in [7, 11) is 0. The van der Waals surface area contributed by atoms with Crippen LogP contribution in [0.4, 0.5) is 0 Å². The van der Waals surface area contributed by atoms with Crippen LogP contribution in [0.3, 0.4) is 0 Å². The summed E-state index contributed by atoms with van der Waals surface area (Å²) < 4.78 is 5.27. The van der Waals surface area contributed by atoms with Crippen LogP contribution in [0, 0.1) is 5.92 Å². The number of benzene rings is 1. The summed E-state index contributed by atoms with van der Waals surface area (Å²) in [5.41, 5.74) is 0.287. The van der Waals surface area contributed by atoms with Gasteiger partial charge in [0.2, 0.25) is 0 Å². The Hall–Kier alpha value is -2.08. The minimum absolute atomic E-state index is 0.135. The van der Waals surface area contributed by atoms with Gasteiger partial charge in [0.15, 0.2) is 6.61 Å². The first-order chi connectivity index (χ1) is 13.2. The fraction of sp³-hybridized carbons (Fsp3) is 0.571. The van der Waals surface area contributed by atoms with Crippen molar-refractivity contribution >= 4 is 29.4 Å². The van der Waals surface area contributed by atoms with Gasteiger partial charge in [0, 0.05) is 12.1 Å². The Morgan fingerprint density at radius 2 is 1.79 bits per heavy atom. The topological polar surface area (TPSA) is 75.7 Å². The van der Waals surface area contributed by atoms with E-state index in [9.17, 15) is 14.4 Å². The molecule has 154 valence electrons. The molecule has 1 aromatic carbocycles. The number of carbonyl (C=O) groups excluding carboxylic acids is 3. The van der Waals surface area contributed by atoms with Crippen LogP contribution in [-0.4, -0.2) is 47.4 Å². The Morgan fingerprint density at radius 3 is 2.36 bits per heavy atom. The van der Waals surface area contributed by atoms with Crippen molar-refractivity contribution in [3.8, 4) is 0 Å². The first kappa shape index (κ1) is 22.2. The Balaban J connectivity index is 1.98. The Kier molecular flexibility index (Phi) is 7.87. The lowest BCUT2D eigenvalue weighted by molar-refractivity contribution is -0.157. The van der Waals surface area contributed by atoms with Crippen LogP contribution in [0.25, 0.3) is 0 Å². The van der Waals surface area contributed by atoms with Gasteiger partial charge in [-0.1, -0.05) is 37.6 Å². The number of rotatable bonds is 6. The number of halogens is 1. The molecule has 0 bridgehead atoms. The number of hydrogen-bond donors (Lipinski definition) is 1. The molecule has 1 aliphatic heterocycles. The van der Waals surface area contributed by atoms with E-state index >= 15 is 0 Å². The highest BCUT2D eigenvalue weighted by atomic mass is 35.5. The van der Waals surface area contributed by atoms with Crippen LogP contribution < -0.4 is 5.32 Å². The minimum Gasteiger partial charge on any atom is -0.454 e. The number of carbonyl (C=O) groups is 3. The van der Waals surface area contributed by atoms with Crippen molar-refractivity contribution in [2.45, 2.75) is 65.1 Å². The molecule has 28 heavy (non-hydrogen) atoms. The third-order valence-corrected chi connectivity index (χ3v) is 5.47. The van der Waals surface area contributed by atoms with Crippen LogP contribution in [0.5, 0.6) is 0 Å². The molecule has 3 atom stereocenters. The van der Waals surface area contributed by atoms with Crippen molar-refractivity contribution in [2.75, 3.05) is 6.61 Å². The summed E-state index contributed by atoms with van der Waals surface area (Å²) in [5, 5.41) is 2.98. The predicted octanol–water partition coefficient (Wildman–Crippen LogP) is 3.43. The zero-order chi connectivity index (χ0) is 20.8. The van der Waals surface area contributed by atoms with Gasteiger partial charge < -0.3 is 15.0 Å². The number of nitrogens with one attached hydrogen (secondary N) is 1. The molecule has 1 fully saturated rings. The van der Waals surface area contributed by atoms with Gasteiger partial charge in [-0.25, -0.2) is 4.79 Å². The van der Waals surface area contributed by atoms with Gasteiger partial charge in [0.25, 0.3) is 11.8 Å². The first-order valence-corrected chi connectivity index (χ1v) is 10.1. The molecule has 6 nitrogen and oxygen atoms in total. The normalized spacial score (nSPS) is 20.6. The van der Waals surface area contributed by atoms with Gasteiger partial charge in [-0.05, 0) is 51.2 Å². The fourth-order valence-corrected chi connectivity index (χ4v) is 3.79. The lowest BCUT2D eigenvalue weighted by Crippen LogP contribution is -2.50. The highest BCUT2D eigenvalue weighted by Gasteiger charge is 2.31. The predicted molar refractivity (Wildman–Crippen MR) is 108 cm³/mol. The highest BCUT2D eigenvalue weighted by molar-refractivity contribution is 6.33. The second-order valence-corrected chi connectivity index (χ2v) is 8.12. The van der Waals surface area contributed by atoms with E-state index in [4.69, 9.17) is 16.3 Å². The van der Waals surface area contributed by atoms with Gasteiger partial charge in [-0.3, -0.25) is 9.59 Å². The van der Waals surface area contributed by atoms with E-state index < -0.39 is 17.9 Å². The number of amides is 2. The van der Waals surface area contributed by atoms with Crippen molar-refractivity contribution in [1.29, 1.82) is 0 Å². The molecule has 1 heterocycles. The van der Waals surface area contributed by atoms with E-state index in [1.807, 2.05) is 13.8 Å². The second kappa shape index (κ2) is 9.92. The van der Waals surface area contributed by atoms with E-state index in [-0.39, 0.29) is 36.1 Å². The van der Waals surface area contributed by atoms with Gasteiger partial charge in [-0.15, -0.1) is 0 Å². The molecule has 0 radical (unpaired) electrons. The molecule has 2 unspecified atom stereocenters. The summed E-state index contributed by atoms with van der Waals surface area (Å²) in [6.45, 7) is 7.30. The lowest BCUT2D eigenvalue weighted by atomic mass is 9.97. The average molecular weight is 409 g/mol. The van der Waals surface area contributed by atoms with E-state index in [0.29, 0.717) is 5.02 Å². The number of hydrogen-bond acceptors (Lipinski definition) is 4. The Bertz CT molecular complexity index is 712. The Morgan fingerprint density at radius 1 is 1.18 bits per heavy atom. The molecule has 2 amide bonds. The number of nitrogens with zero attached hydrogens (tertiary/aromatic N) is 1. The zero-order valence-electron chi connectivity index (χ0n) is 16.9. The van der Waals surface area contributed by atoms with Crippen molar-refractivity contribution in [2.24, 2.45) is 5.92 Å². The van der Waals surface area contributed by atoms with Crippen LogP contribution >= 0.6 is 11.6 Å². The molecule has 1 aromatic rings. The molecule has 1 aliphatic rings. The summed E-state index contributed by atoms with van der Waals surface area (Å²) in [6, 6.07) is 6.02. The number of esters is 1. The van der Waals surface area contributed by atoms with E-state index in [1.165, 1.54) is 0 Å². The zero-order valence-corrected chi connectivity index (χ0v) is 17.7. The van der Waals surface area contributed by atoms with Gasteiger partial charge >= 0.3 is 5.97 Å². The molecule has 0 aromatic heterocycles. The largest absolute Gasteiger partial charge is 0.454 e. The van der Waals surface area contributed by atoms with E-state index in [0.717, 1.165) is 19.3 Å². The standard InChI is InChI=1S/C21H29ClN2O4/c1-13(2)19(23-20(26)16-10-5-6-11-17(16)22)21(27)28-12-18(25)24-14(3)8-7-9-15(24)4/h5-6,10-11,13-15,19H,7-9,12H2,1-4H3,(H,23,26)/t14?,15?,19-/m0/s1. The van der Waals surface area contributed by atoms with Gasteiger partial charge in [0.05, 0.1) is 10.6 Å². The van der Waals surface area contributed by atoms with Crippen molar-refractivity contribution in [1.82, 2.24) is 10.2 Å². The number of ether oxygens (including phenoxy) is 1. The van der Waals surface area contributed by atoms with Gasteiger partial charge in [-0.2, -0.15) is 0 Å². The number of likely N-dealkylation sites (tertiary alicyclic amines) is 1. The van der Waals surface area contributed by atoms with E-state index in [2.05, 4.69) is 5.32 Å². The molecule has 0 aliphatic carbocycles. The molecule has 1 N–H and O–H groups in total. The van der Waals surface area contributed by atoms with Gasteiger partial charge in [0.1, 0.15) is 6.04 Å². The molecule has 7 heteroatoms. The second-order valence-electron chi connectivity index (χ2n) is 7.71.